The van der Waals surface area contributed by atoms with Gasteiger partial charge in [-0.15, -0.1) is 0 Å². The first-order valence-corrected chi connectivity index (χ1v) is 4.43. The largest absolute Gasteiger partial charge is 0.475 e. The molecule has 6 nitrogen and oxygen atoms in total. The Morgan fingerprint density at radius 1 is 1.44 bits per heavy atom. The molecule has 0 atom stereocenters. The van der Waals surface area contributed by atoms with Crippen molar-refractivity contribution in [1.29, 1.82) is 0 Å². The predicted molar refractivity (Wildman–Crippen MR) is 54.4 cm³/mol. The van der Waals surface area contributed by atoms with E-state index in [-0.39, 0.29) is 5.82 Å². The third-order valence-corrected chi connectivity index (χ3v) is 2.11. The van der Waals surface area contributed by atoms with Gasteiger partial charge in [-0.2, -0.15) is 0 Å². The molecule has 0 amide bonds. The number of esters is 1. The van der Waals surface area contributed by atoms with Crippen molar-refractivity contribution in [3.05, 3.63) is 29.6 Å². The van der Waals surface area contributed by atoms with E-state index in [1.54, 1.807) is 6.07 Å². The number of methoxy groups -OCH3 is 1. The molecule has 0 aliphatic carbocycles. The van der Waals surface area contributed by atoms with E-state index < -0.39 is 11.9 Å². The lowest BCUT2D eigenvalue weighted by Gasteiger charge is -1.97. The van der Waals surface area contributed by atoms with E-state index in [0.29, 0.717) is 16.6 Å². The van der Waals surface area contributed by atoms with Crippen LogP contribution < -0.4 is 0 Å². The Labute approximate surface area is 89.9 Å². The van der Waals surface area contributed by atoms with Crippen LogP contribution in [0.2, 0.25) is 0 Å². The molecule has 1 aromatic heterocycles. The molecule has 1 aromatic carbocycles. The van der Waals surface area contributed by atoms with Crippen molar-refractivity contribution < 1.29 is 19.4 Å². The molecule has 2 N–H and O–H groups in total. The Morgan fingerprint density at radius 2 is 2.19 bits per heavy atom. The summed E-state index contributed by atoms with van der Waals surface area (Å²) in [6.45, 7) is 0. The Bertz CT molecular complexity index is 573. The number of imidazole rings is 1. The lowest BCUT2D eigenvalue weighted by Crippen LogP contribution is -2.00. The number of fused-ring (bicyclic) bond motifs is 1. The Balaban J connectivity index is 2.53. The summed E-state index contributed by atoms with van der Waals surface area (Å²) < 4.78 is 4.55. The maximum atomic E-state index is 11.2. The van der Waals surface area contributed by atoms with Crippen molar-refractivity contribution in [2.45, 2.75) is 0 Å². The minimum atomic E-state index is -1.14. The Hall–Kier alpha value is -2.37. The van der Waals surface area contributed by atoms with Crippen molar-refractivity contribution in [3.63, 3.8) is 0 Å². The highest BCUT2D eigenvalue weighted by Crippen LogP contribution is 2.14. The second-order valence-electron chi connectivity index (χ2n) is 3.11. The minimum absolute atomic E-state index is 0.156. The number of aromatic nitrogens is 2. The molecule has 0 unspecified atom stereocenters. The highest BCUT2D eigenvalue weighted by molar-refractivity contribution is 5.95. The molecule has 16 heavy (non-hydrogen) atoms. The molecule has 2 aromatic rings. The van der Waals surface area contributed by atoms with Crippen molar-refractivity contribution in [2.75, 3.05) is 7.11 Å². The van der Waals surface area contributed by atoms with Gasteiger partial charge in [0.15, 0.2) is 0 Å². The summed E-state index contributed by atoms with van der Waals surface area (Å²) >= 11 is 0. The number of carboxylic acid groups (broad SMARTS) is 1. The van der Waals surface area contributed by atoms with Gasteiger partial charge in [-0.25, -0.2) is 14.6 Å². The van der Waals surface area contributed by atoms with Gasteiger partial charge in [-0.05, 0) is 18.2 Å². The van der Waals surface area contributed by atoms with Gasteiger partial charge in [0, 0.05) is 0 Å². The van der Waals surface area contributed by atoms with Crippen LogP contribution in [-0.2, 0) is 4.74 Å². The topological polar surface area (TPSA) is 92.3 Å². The number of rotatable bonds is 2. The number of aromatic carboxylic acids is 1. The van der Waals surface area contributed by atoms with Gasteiger partial charge in [0.05, 0.1) is 23.7 Å². The Morgan fingerprint density at radius 3 is 2.81 bits per heavy atom. The normalized spacial score (nSPS) is 10.3. The number of hydrogen-bond acceptors (Lipinski definition) is 4. The van der Waals surface area contributed by atoms with E-state index in [2.05, 4.69) is 14.7 Å². The van der Waals surface area contributed by atoms with Gasteiger partial charge >= 0.3 is 11.9 Å². The van der Waals surface area contributed by atoms with Crippen molar-refractivity contribution in [2.24, 2.45) is 0 Å². The zero-order valence-electron chi connectivity index (χ0n) is 8.35. The maximum Gasteiger partial charge on any atom is 0.371 e. The fourth-order valence-electron chi connectivity index (χ4n) is 1.35. The number of benzene rings is 1. The first-order chi connectivity index (χ1) is 7.61. The fourth-order valence-corrected chi connectivity index (χ4v) is 1.35. The van der Waals surface area contributed by atoms with Crippen LogP contribution in [0.5, 0.6) is 0 Å². The molecule has 1 heterocycles. The standard InChI is InChI=1S/C10H8N2O4/c1-16-10(15)5-2-3-6-7(4-5)12-8(11-6)9(13)14/h2-4H,1H3,(H,11,12)(H,13,14). The molecule has 82 valence electrons. The third kappa shape index (κ3) is 1.60. The highest BCUT2D eigenvalue weighted by atomic mass is 16.5. The number of carbonyl (C=O) groups is 2. The van der Waals surface area contributed by atoms with E-state index in [0.717, 1.165) is 0 Å². The van der Waals surface area contributed by atoms with Crippen LogP contribution in [0.1, 0.15) is 21.0 Å². The predicted octanol–water partition coefficient (Wildman–Crippen LogP) is 1.05. The minimum Gasteiger partial charge on any atom is -0.475 e. The number of aromatic amines is 1. The molecule has 0 bridgehead atoms. The summed E-state index contributed by atoms with van der Waals surface area (Å²) in [7, 11) is 1.28. The average Bonchev–Trinajstić information content (AvgIpc) is 2.70. The average molecular weight is 220 g/mol. The molecule has 2 rings (SSSR count). The molecule has 0 aliphatic rings. The van der Waals surface area contributed by atoms with Crippen LogP contribution in [0, 0.1) is 0 Å². The van der Waals surface area contributed by atoms with Gasteiger partial charge in [0.2, 0.25) is 5.82 Å². The van der Waals surface area contributed by atoms with Crippen LogP contribution in [0.25, 0.3) is 11.0 Å². The van der Waals surface area contributed by atoms with Gasteiger partial charge in [0.25, 0.3) is 0 Å². The number of carboxylic acids is 1. The molecular weight excluding hydrogens is 212 g/mol. The van der Waals surface area contributed by atoms with Crippen molar-refractivity contribution in [3.8, 4) is 0 Å². The quantitative estimate of drug-likeness (QED) is 0.738. The van der Waals surface area contributed by atoms with Crippen LogP contribution >= 0.6 is 0 Å². The summed E-state index contributed by atoms with van der Waals surface area (Å²) in [4.78, 5) is 28.3. The first kappa shape index (κ1) is 10.2. The molecule has 0 fully saturated rings. The van der Waals surface area contributed by atoms with E-state index in [4.69, 9.17) is 5.11 Å². The number of hydrogen-bond donors (Lipinski definition) is 2. The summed E-state index contributed by atoms with van der Waals surface area (Å²) in [6.07, 6.45) is 0. The number of nitrogens with zero attached hydrogens (tertiary/aromatic N) is 1. The van der Waals surface area contributed by atoms with Gasteiger partial charge in [-0.1, -0.05) is 0 Å². The molecule has 0 spiro atoms. The molecule has 0 aliphatic heterocycles. The summed E-state index contributed by atoms with van der Waals surface area (Å²) in [5.41, 5.74) is 1.31. The number of nitrogens with one attached hydrogen (secondary N) is 1. The fraction of sp³-hybridized carbons (Fsp3) is 0.100. The second kappa shape index (κ2) is 3.65. The lowest BCUT2D eigenvalue weighted by molar-refractivity contribution is 0.0600. The zero-order valence-corrected chi connectivity index (χ0v) is 8.35. The van der Waals surface area contributed by atoms with Crippen LogP contribution in [-0.4, -0.2) is 34.1 Å². The van der Waals surface area contributed by atoms with Crippen LogP contribution in [0.3, 0.4) is 0 Å². The van der Waals surface area contributed by atoms with E-state index in [1.807, 2.05) is 0 Å². The molecule has 0 radical (unpaired) electrons. The molecular formula is C10H8N2O4. The summed E-state index contributed by atoms with van der Waals surface area (Å²) in [5, 5.41) is 8.73. The second-order valence-corrected chi connectivity index (χ2v) is 3.11. The lowest BCUT2D eigenvalue weighted by atomic mass is 10.2. The zero-order chi connectivity index (χ0) is 11.7. The van der Waals surface area contributed by atoms with Crippen LogP contribution in [0.4, 0.5) is 0 Å². The number of ether oxygens (including phenoxy) is 1. The van der Waals surface area contributed by atoms with Crippen LogP contribution in [0.15, 0.2) is 18.2 Å². The van der Waals surface area contributed by atoms with E-state index in [1.165, 1.54) is 19.2 Å². The van der Waals surface area contributed by atoms with Crippen molar-refractivity contribution >= 4 is 23.0 Å². The molecule has 0 saturated carbocycles. The van der Waals surface area contributed by atoms with Gasteiger partial charge in [-0.3, -0.25) is 0 Å². The number of carbonyl (C=O) groups excluding carboxylic acids is 1. The Kier molecular flexibility index (Phi) is 2.32. The monoisotopic (exact) mass is 220 g/mol. The number of H-pyrrole nitrogens is 1. The molecule has 0 saturated heterocycles. The van der Waals surface area contributed by atoms with E-state index in [9.17, 15) is 9.59 Å². The van der Waals surface area contributed by atoms with Gasteiger partial charge in [0.1, 0.15) is 0 Å². The highest BCUT2D eigenvalue weighted by Gasteiger charge is 2.12. The summed E-state index contributed by atoms with van der Waals surface area (Å²) in [5.74, 6) is -1.78. The summed E-state index contributed by atoms with van der Waals surface area (Å²) in [6, 6.07) is 4.60. The van der Waals surface area contributed by atoms with Gasteiger partial charge < -0.3 is 14.8 Å². The SMILES string of the molecule is COC(=O)c1ccc2[nH]c(C(=O)O)nc2c1. The smallest absolute Gasteiger partial charge is 0.371 e. The third-order valence-electron chi connectivity index (χ3n) is 2.11. The van der Waals surface area contributed by atoms with Crippen molar-refractivity contribution in [1.82, 2.24) is 9.97 Å². The van der Waals surface area contributed by atoms with E-state index >= 15 is 0 Å². The molecule has 6 heteroatoms. The first-order valence-electron chi connectivity index (χ1n) is 4.43. The maximum absolute atomic E-state index is 11.2.